The van der Waals surface area contributed by atoms with Crippen molar-refractivity contribution in [3.63, 3.8) is 0 Å². The molecule has 18 heavy (non-hydrogen) atoms. The average molecular weight is 274 g/mol. The van der Waals surface area contributed by atoms with Crippen molar-refractivity contribution >= 4 is 17.7 Å². The molecule has 0 bridgehead atoms. The van der Waals surface area contributed by atoms with E-state index in [0.29, 0.717) is 12.3 Å². The molecule has 3 N–H and O–H groups in total. The lowest BCUT2D eigenvalue weighted by Gasteiger charge is -2.22. The van der Waals surface area contributed by atoms with Crippen LogP contribution in [0.5, 0.6) is 0 Å². The average Bonchev–Trinajstić information content (AvgIpc) is 2.41. The second-order valence-corrected chi connectivity index (χ2v) is 6.02. The van der Waals surface area contributed by atoms with Crippen molar-refractivity contribution in [3.8, 4) is 0 Å². The molecule has 1 aliphatic rings. The number of hydrogen-bond donors (Lipinski definition) is 3. The summed E-state index contributed by atoms with van der Waals surface area (Å²) in [6, 6.07) is 0. The molecule has 106 valence electrons. The molecule has 1 heterocycles. The van der Waals surface area contributed by atoms with E-state index < -0.39 is 0 Å². The smallest absolute Gasteiger partial charge is 0.220 e. The topological polar surface area (TPSA) is 61.4 Å². The first-order valence-corrected chi connectivity index (χ1v) is 8.14. The van der Waals surface area contributed by atoms with Crippen LogP contribution < -0.4 is 10.6 Å². The lowest BCUT2D eigenvalue weighted by molar-refractivity contribution is -0.121. The van der Waals surface area contributed by atoms with Gasteiger partial charge in [0, 0.05) is 25.3 Å². The SMILES string of the molecule is O=C(CCC1CCCNC1)NCCSCCCO. The molecule has 1 unspecified atom stereocenters. The molecule has 1 aliphatic heterocycles. The summed E-state index contributed by atoms with van der Waals surface area (Å²) in [7, 11) is 0. The van der Waals surface area contributed by atoms with Gasteiger partial charge < -0.3 is 15.7 Å². The Morgan fingerprint density at radius 2 is 2.33 bits per heavy atom. The Labute approximate surface area is 114 Å². The van der Waals surface area contributed by atoms with Gasteiger partial charge >= 0.3 is 0 Å². The van der Waals surface area contributed by atoms with E-state index in [4.69, 9.17) is 5.11 Å². The summed E-state index contributed by atoms with van der Waals surface area (Å²) in [4.78, 5) is 11.6. The highest BCUT2D eigenvalue weighted by atomic mass is 32.2. The van der Waals surface area contributed by atoms with Gasteiger partial charge in [-0.15, -0.1) is 0 Å². The van der Waals surface area contributed by atoms with Crippen molar-refractivity contribution in [2.75, 3.05) is 37.7 Å². The molecule has 0 aromatic rings. The predicted octanol–water partition coefficient (Wildman–Crippen LogP) is 0.998. The molecule has 0 aromatic heterocycles. The third-order valence-electron chi connectivity index (χ3n) is 3.19. The highest BCUT2D eigenvalue weighted by Crippen LogP contribution is 2.15. The predicted molar refractivity (Wildman–Crippen MR) is 76.9 cm³/mol. The molecule has 5 heteroatoms. The Balaban J connectivity index is 1.90. The Morgan fingerprint density at radius 3 is 3.06 bits per heavy atom. The maximum absolute atomic E-state index is 11.6. The van der Waals surface area contributed by atoms with Crippen molar-refractivity contribution < 1.29 is 9.90 Å². The minimum Gasteiger partial charge on any atom is -0.396 e. The fourth-order valence-corrected chi connectivity index (χ4v) is 2.91. The van der Waals surface area contributed by atoms with E-state index in [9.17, 15) is 4.79 Å². The monoisotopic (exact) mass is 274 g/mol. The molecule has 0 saturated carbocycles. The number of nitrogens with one attached hydrogen (secondary N) is 2. The van der Waals surface area contributed by atoms with E-state index >= 15 is 0 Å². The van der Waals surface area contributed by atoms with Crippen LogP contribution in [0.15, 0.2) is 0 Å². The van der Waals surface area contributed by atoms with Crippen LogP contribution in [0.4, 0.5) is 0 Å². The standard InChI is InChI=1S/C13H26N2O2S/c16-8-2-9-18-10-7-15-13(17)5-4-12-3-1-6-14-11-12/h12,14,16H,1-11H2,(H,15,17). The summed E-state index contributed by atoms with van der Waals surface area (Å²) in [6.45, 7) is 3.21. The van der Waals surface area contributed by atoms with Gasteiger partial charge in [0.2, 0.25) is 5.91 Å². The highest BCUT2D eigenvalue weighted by Gasteiger charge is 2.13. The molecule has 1 fully saturated rings. The Hall–Kier alpha value is -0.260. The minimum absolute atomic E-state index is 0.184. The second kappa shape index (κ2) is 10.6. The third-order valence-corrected chi connectivity index (χ3v) is 4.26. The molecule has 0 aliphatic carbocycles. The number of aliphatic hydroxyl groups is 1. The number of rotatable bonds is 9. The summed E-state index contributed by atoms with van der Waals surface area (Å²) in [5, 5.41) is 14.9. The number of aliphatic hydroxyl groups excluding tert-OH is 1. The molecular weight excluding hydrogens is 248 g/mol. The maximum atomic E-state index is 11.6. The molecule has 1 amide bonds. The highest BCUT2D eigenvalue weighted by molar-refractivity contribution is 7.99. The third kappa shape index (κ3) is 7.95. The van der Waals surface area contributed by atoms with E-state index in [1.165, 1.54) is 12.8 Å². The van der Waals surface area contributed by atoms with Gasteiger partial charge in [-0.05, 0) is 50.4 Å². The van der Waals surface area contributed by atoms with Gasteiger partial charge in [-0.3, -0.25) is 4.79 Å². The number of piperidine rings is 1. The molecule has 1 atom stereocenters. The largest absolute Gasteiger partial charge is 0.396 e. The van der Waals surface area contributed by atoms with Crippen LogP contribution in [0.1, 0.15) is 32.1 Å². The van der Waals surface area contributed by atoms with Crippen LogP contribution in [0.25, 0.3) is 0 Å². The van der Waals surface area contributed by atoms with Gasteiger partial charge in [-0.25, -0.2) is 0 Å². The van der Waals surface area contributed by atoms with Crippen LogP contribution in [-0.2, 0) is 4.79 Å². The molecule has 0 spiro atoms. The Kier molecular flexibility index (Phi) is 9.34. The van der Waals surface area contributed by atoms with Crippen LogP contribution in [0.2, 0.25) is 0 Å². The van der Waals surface area contributed by atoms with Gasteiger partial charge in [-0.2, -0.15) is 11.8 Å². The number of carbonyl (C=O) groups excluding carboxylic acids is 1. The van der Waals surface area contributed by atoms with E-state index in [1.807, 2.05) is 0 Å². The number of thioether (sulfide) groups is 1. The molecule has 0 radical (unpaired) electrons. The van der Waals surface area contributed by atoms with E-state index in [0.717, 1.165) is 44.0 Å². The number of carbonyl (C=O) groups is 1. The summed E-state index contributed by atoms with van der Waals surface area (Å²) in [6.07, 6.45) is 5.02. The first kappa shape index (κ1) is 15.8. The Morgan fingerprint density at radius 1 is 1.44 bits per heavy atom. The van der Waals surface area contributed by atoms with Gasteiger partial charge in [0.25, 0.3) is 0 Å². The van der Waals surface area contributed by atoms with Crippen molar-refractivity contribution in [1.82, 2.24) is 10.6 Å². The van der Waals surface area contributed by atoms with Gasteiger partial charge in [0.1, 0.15) is 0 Å². The lowest BCUT2D eigenvalue weighted by atomic mass is 9.94. The van der Waals surface area contributed by atoms with Crippen LogP contribution in [-0.4, -0.2) is 48.8 Å². The molecule has 1 rings (SSSR count). The van der Waals surface area contributed by atoms with Gasteiger partial charge in [-0.1, -0.05) is 0 Å². The molecular formula is C13H26N2O2S. The fraction of sp³-hybridized carbons (Fsp3) is 0.923. The number of hydrogen-bond acceptors (Lipinski definition) is 4. The first-order valence-electron chi connectivity index (χ1n) is 6.99. The van der Waals surface area contributed by atoms with Crippen LogP contribution >= 0.6 is 11.8 Å². The van der Waals surface area contributed by atoms with Crippen molar-refractivity contribution in [2.24, 2.45) is 5.92 Å². The maximum Gasteiger partial charge on any atom is 0.220 e. The lowest BCUT2D eigenvalue weighted by Crippen LogP contribution is -2.31. The molecule has 0 aromatic carbocycles. The van der Waals surface area contributed by atoms with E-state index in [-0.39, 0.29) is 12.5 Å². The van der Waals surface area contributed by atoms with Crippen LogP contribution in [0.3, 0.4) is 0 Å². The fourth-order valence-electron chi connectivity index (χ4n) is 2.13. The molecule has 4 nitrogen and oxygen atoms in total. The zero-order chi connectivity index (χ0) is 13.1. The number of amides is 1. The normalized spacial score (nSPS) is 19.7. The quantitative estimate of drug-likeness (QED) is 0.549. The van der Waals surface area contributed by atoms with E-state index in [2.05, 4.69) is 10.6 Å². The zero-order valence-electron chi connectivity index (χ0n) is 11.1. The zero-order valence-corrected chi connectivity index (χ0v) is 11.9. The summed E-state index contributed by atoms with van der Waals surface area (Å²) >= 11 is 1.78. The minimum atomic E-state index is 0.184. The van der Waals surface area contributed by atoms with Crippen molar-refractivity contribution in [1.29, 1.82) is 0 Å². The van der Waals surface area contributed by atoms with Crippen molar-refractivity contribution in [3.05, 3.63) is 0 Å². The summed E-state index contributed by atoms with van der Waals surface area (Å²) in [5.74, 6) is 2.78. The first-order chi connectivity index (χ1) is 8.83. The Bertz CT molecular complexity index is 221. The van der Waals surface area contributed by atoms with E-state index in [1.54, 1.807) is 11.8 Å². The van der Waals surface area contributed by atoms with Gasteiger partial charge in [0.05, 0.1) is 0 Å². The van der Waals surface area contributed by atoms with Crippen molar-refractivity contribution in [2.45, 2.75) is 32.1 Å². The van der Waals surface area contributed by atoms with Gasteiger partial charge in [0.15, 0.2) is 0 Å². The summed E-state index contributed by atoms with van der Waals surface area (Å²) in [5.41, 5.74) is 0. The summed E-state index contributed by atoms with van der Waals surface area (Å²) < 4.78 is 0. The molecule has 1 saturated heterocycles. The van der Waals surface area contributed by atoms with Crippen LogP contribution in [0, 0.1) is 5.92 Å². The second-order valence-electron chi connectivity index (χ2n) is 4.79.